The van der Waals surface area contributed by atoms with Crippen LogP contribution in [0.2, 0.25) is 0 Å². The first-order chi connectivity index (χ1) is 8.17. The Hall–Kier alpha value is -1.55. The minimum atomic E-state index is 0.0166. The highest BCUT2D eigenvalue weighted by atomic mass is 16.5. The molecule has 0 bridgehead atoms. The van der Waals surface area contributed by atoms with Crippen LogP contribution in [0.4, 0.5) is 5.69 Å². The molecule has 0 fully saturated rings. The zero-order valence-corrected chi connectivity index (χ0v) is 10.7. The van der Waals surface area contributed by atoms with Crippen LogP contribution in [0.15, 0.2) is 18.2 Å². The summed E-state index contributed by atoms with van der Waals surface area (Å²) in [5.41, 5.74) is 1.84. The van der Waals surface area contributed by atoms with Gasteiger partial charge in [0.15, 0.2) is 0 Å². The summed E-state index contributed by atoms with van der Waals surface area (Å²) in [6, 6.07) is 5.66. The van der Waals surface area contributed by atoms with Gasteiger partial charge in [0, 0.05) is 18.7 Å². The molecule has 17 heavy (non-hydrogen) atoms. The molecule has 0 radical (unpaired) electrons. The summed E-state index contributed by atoms with van der Waals surface area (Å²) in [5.74, 6) is 0.878. The lowest BCUT2D eigenvalue weighted by Gasteiger charge is -2.10. The molecule has 4 nitrogen and oxygen atoms in total. The number of anilines is 1. The highest BCUT2D eigenvalue weighted by Gasteiger charge is 2.04. The van der Waals surface area contributed by atoms with Crippen molar-refractivity contribution in [2.75, 3.05) is 25.5 Å². The Morgan fingerprint density at radius 2 is 2.18 bits per heavy atom. The van der Waals surface area contributed by atoms with Gasteiger partial charge >= 0.3 is 0 Å². The van der Waals surface area contributed by atoms with Crippen LogP contribution in [0.3, 0.4) is 0 Å². The van der Waals surface area contributed by atoms with E-state index in [0.29, 0.717) is 19.6 Å². The topological polar surface area (TPSA) is 50.4 Å². The number of aryl methyl sites for hydroxylation is 1. The second-order valence-corrected chi connectivity index (χ2v) is 3.82. The van der Waals surface area contributed by atoms with E-state index in [1.807, 2.05) is 39.1 Å². The highest BCUT2D eigenvalue weighted by Crippen LogP contribution is 2.21. The van der Waals surface area contributed by atoms with E-state index in [4.69, 9.17) is 4.74 Å². The van der Waals surface area contributed by atoms with Gasteiger partial charge in [-0.2, -0.15) is 0 Å². The largest absolute Gasteiger partial charge is 0.494 e. The molecule has 1 rings (SSSR count). The van der Waals surface area contributed by atoms with Crippen LogP contribution in [-0.2, 0) is 4.79 Å². The Labute approximate surface area is 102 Å². The summed E-state index contributed by atoms with van der Waals surface area (Å²) in [4.78, 5) is 11.5. The Balaban J connectivity index is 2.60. The van der Waals surface area contributed by atoms with Gasteiger partial charge in [0.25, 0.3) is 0 Å². The molecule has 1 aromatic rings. The van der Waals surface area contributed by atoms with Crippen LogP contribution >= 0.6 is 0 Å². The van der Waals surface area contributed by atoms with Gasteiger partial charge in [-0.15, -0.1) is 0 Å². The van der Waals surface area contributed by atoms with Gasteiger partial charge in [0.2, 0.25) is 5.91 Å². The number of nitrogens with one attached hydrogen (secondary N) is 2. The van der Waals surface area contributed by atoms with E-state index < -0.39 is 0 Å². The molecule has 94 valence electrons. The first-order valence-electron chi connectivity index (χ1n) is 5.85. The first-order valence-corrected chi connectivity index (χ1v) is 5.85. The van der Waals surface area contributed by atoms with E-state index in [1.165, 1.54) is 0 Å². The maximum atomic E-state index is 11.5. The second kappa shape index (κ2) is 6.91. The van der Waals surface area contributed by atoms with Crippen LogP contribution in [0.1, 0.15) is 18.9 Å². The monoisotopic (exact) mass is 236 g/mol. The summed E-state index contributed by atoms with van der Waals surface area (Å²) in [7, 11) is 1.83. The average Bonchev–Trinajstić information content (AvgIpc) is 2.30. The summed E-state index contributed by atoms with van der Waals surface area (Å²) in [6.45, 7) is 5.25. The van der Waals surface area contributed by atoms with E-state index in [-0.39, 0.29) is 5.91 Å². The van der Waals surface area contributed by atoms with Gasteiger partial charge in [-0.3, -0.25) is 4.79 Å². The van der Waals surface area contributed by atoms with Gasteiger partial charge in [0.05, 0.1) is 6.61 Å². The summed E-state index contributed by atoms with van der Waals surface area (Å²) in [5, 5.41) is 5.79. The molecule has 4 heteroatoms. The molecule has 1 aromatic carbocycles. The number of carbonyl (C=O) groups excluding carboxylic acids is 1. The number of rotatable bonds is 6. The van der Waals surface area contributed by atoms with Crippen molar-refractivity contribution in [2.24, 2.45) is 0 Å². The SMILES string of the molecule is CCOc1ccc(NC(=O)CCNC)cc1C. The minimum Gasteiger partial charge on any atom is -0.494 e. The van der Waals surface area contributed by atoms with Crippen molar-refractivity contribution >= 4 is 11.6 Å². The normalized spacial score (nSPS) is 10.1. The van der Waals surface area contributed by atoms with Gasteiger partial charge in [0.1, 0.15) is 5.75 Å². The maximum Gasteiger partial charge on any atom is 0.225 e. The van der Waals surface area contributed by atoms with Crippen LogP contribution in [0.25, 0.3) is 0 Å². The molecule has 0 aliphatic heterocycles. The molecule has 0 saturated carbocycles. The molecule has 0 unspecified atom stereocenters. The van der Waals surface area contributed by atoms with Crippen molar-refractivity contribution in [1.29, 1.82) is 0 Å². The predicted molar refractivity (Wildman–Crippen MR) is 69.5 cm³/mol. The van der Waals surface area contributed by atoms with E-state index in [2.05, 4.69) is 10.6 Å². The lowest BCUT2D eigenvalue weighted by molar-refractivity contribution is -0.116. The zero-order chi connectivity index (χ0) is 12.7. The lowest BCUT2D eigenvalue weighted by Crippen LogP contribution is -2.18. The number of carbonyl (C=O) groups is 1. The number of ether oxygens (including phenoxy) is 1. The number of hydrogen-bond donors (Lipinski definition) is 2. The second-order valence-electron chi connectivity index (χ2n) is 3.82. The van der Waals surface area contributed by atoms with E-state index >= 15 is 0 Å². The smallest absolute Gasteiger partial charge is 0.225 e. The molecule has 0 aromatic heterocycles. The molecule has 2 N–H and O–H groups in total. The molecule has 1 amide bonds. The lowest BCUT2D eigenvalue weighted by atomic mass is 10.2. The molecule has 0 heterocycles. The van der Waals surface area contributed by atoms with Crippen molar-refractivity contribution in [3.63, 3.8) is 0 Å². The third-order valence-electron chi connectivity index (χ3n) is 2.36. The number of benzene rings is 1. The van der Waals surface area contributed by atoms with Gasteiger partial charge in [-0.1, -0.05) is 0 Å². The van der Waals surface area contributed by atoms with Crippen LogP contribution in [0, 0.1) is 6.92 Å². The zero-order valence-electron chi connectivity index (χ0n) is 10.7. The Kier molecular flexibility index (Phi) is 5.49. The summed E-state index contributed by atoms with van der Waals surface area (Å²) >= 11 is 0. The molecular weight excluding hydrogens is 216 g/mol. The molecule has 0 spiro atoms. The van der Waals surface area contributed by atoms with Crippen molar-refractivity contribution in [3.05, 3.63) is 23.8 Å². The van der Waals surface area contributed by atoms with Gasteiger partial charge < -0.3 is 15.4 Å². The predicted octanol–water partition coefficient (Wildman–Crippen LogP) is 1.94. The van der Waals surface area contributed by atoms with Gasteiger partial charge in [-0.05, 0) is 44.7 Å². The fourth-order valence-electron chi connectivity index (χ4n) is 1.51. The number of amides is 1. The van der Waals surface area contributed by atoms with Crippen molar-refractivity contribution < 1.29 is 9.53 Å². The Bertz CT molecular complexity index is 378. The average molecular weight is 236 g/mol. The van der Waals surface area contributed by atoms with Gasteiger partial charge in [-0.25, -0.2) is 0 Å². The van der Waals surface area contributed by atoms with Crippen LogP contribution in [-0.4, -0.2) is 26.1 Å². The standard InChI is InChI=1S/C13H20N2O2/c1-4-17-12-6-5-11(9-10(12)2)15-13(16)7-8-14-3/h5-6,9,14H,4,7-8H2,1-3H3,(H,15,16). The summed E-state index contributed by atoms with van der Waals surface area (Å²) in [6.07, 6.45) is 0.475. The third kappa shape index (κ3) is 4.44. The van der Waals surface area contributed by atoms with Crippen molar-refractivity contribution in [2.45, 2.75) is 20.3 Å². The highest BCUT2D eigenvalue weighted by molar-refractivity contribution is 5.91. The van der Waals surface area contributed by atoms with E-state index in [0.717, 1.165) is 17.0 Å². The molecule has 0 aliphatic carbocycles. The summed E-state index contributed by atoms with van der Waals surface area (Å²) < 4.78 is 5.44. The fourth-order valence-corrected chi connectivity index (χ4v) is 1.51. The maximum absolute atomic E-state index is 11.5. The molecular formula is C13H20N2O2. The number of hydrogen-bond acceptors (Lipinski definition) is 3. The third-order valence-corrected chi connectivity index (χ3v) is 2.36. The van der Waals surface area contributed by atoms with E-state index in [9.17, 15) is 4.79 Å². The Morgan fingerprint density at radius 1 is 1.41 bits per heavy atom. The van der Waals surface area contributed by atoms with Crippen LogP contribution < -0.4 is 15.4 Å². The first kappa shape index (κ1) is 13.5. The molecule has 0 atom stereocenters. The van der Waals surface area contributed by atoms with Crippen LogP contribution in [0.5, 0.6) is 5.75 Å². The van der Waals surface area contributed by atoms with Crippen molar-refractivity contribution in [1.82, 2.24) is 5.32 Å². The quantitative estimate of drug-likeness (QED) is 0.793. The molecule has 0 aliphatic rings. The van der Waals surface area contributed by atoms with Crippen molar-refractivity contribution in [3.8, 4) is 5.75 Å². The Morgan fingerprint density at radius 3 is 2.76 bits per heavy atom. The minimum absolute atomic E-state index is 0.0166. The van der Waals surface area contributed by atoms with E-state index in [1.54, 1.807) is 0 Å². The fraction of sp³-hybridized carbons (Fsp3) is 0.462. The molecule has 0 saturated heterocycles.